The molecule has 1 aliphatic heterocycles. The van der Waals surface area contributed by atoms with Crippen LogP contribution in [0.5, 0.6) is 0 Å². The van der Waals surface area contributed by atoms with Gasteiger partial charge in [0.15, 0.2) is 0 Å². The van der Waals surface area contributed by atoms with Gasteiger partial charge in [0.25, 0.3) is 0 Å². The van der Waals surface area contributed by atoms with Gasteiger partial charge in [-0.25, -0.2) is 0 Å². The number of carbonyl (C=O) groups excluding carboxylic acids is 1. The standard InChI is InChI=1S/C22H37BrN2O2/c1-16(26)13-25-5-3-17(4-6-25)14-24(2)20(27)12-21-8-18-7-19(9-21)11-22(23,10-18)15-21/h16-19,26H,3-15H2,1-2H3/t16-,18+,19+,21?,22?/m0/s1. The predicted molar refractivity (Wildman–Crippen MR) is 112 cm³/mol. The Bertz CT molecular complexity index is 545. The van der Waals surface area contributed by atoms with Gasteiger partial charge in [-0.3, -0.25) is 4.79 Å². The number of amides is 1. The van der Waals surface area contributed by atoms with Crippen LogP contribution in [0.1, 0.15) is 64.7 Å². The highest BCUT2D eigenvalue weighted by molar-refractivity contribution is 9.10. The van der Waals surface area contributed by atoms with E-state index in [0.29, 0.717) is 16.1 Å². The van der Waals surface area contributed by atoms with E-state index in [1.807, 2.05) is 18.9 Å². The number of aliphatic hydroxyl groups excluding tert-OH is 1. The molecule has 1 heterocycles. The van der Waals surface area contributed by atoms with Crippen LogP contribution >= 0.6 is 15.9 Å². The second-order valence-corrected chi connectivity index (χ2v) is 12.3. The number of hydrogen-bond acceptors (Lipinski definition) is 3. The summed E-state index contributed by atoms with van der Waals surface area (Å²) < 4.78 is 0.340. The Morgan fingerprint density at radius 1 is 1.22 bits per heavy atom. The van der Waals surface area contributed by atoms with Crippen LogP contribution in [-0.4, -0.2) is 64.5 Å². The minimum atomic E-state index is -0.246. The van der Waals surface area contributed by atoms with Gasteiger partial charge in [0.1, 0.15) is 0 Å². The molecule has 0 aromatic heterocycles. The number of nitrogens with zero attached hydrogens (tertiary/aromatic N) is 2. The van der Waals surface area contributed by atoms with Crippen molar-refractivity contribution in [1.29, 1.82) is 0 Å². The van der Waals surface area contributed by atoms with E-state index in [-0.39, 0.29) is 11.5 Å². The van der Waals surface area contributed by atoms with Crippen molar-refractivity contribution in [3.05, 3.63) is 0 Å². The molecule has 5 heteroatoms. The third kappa shape index (κ3) is 4.56. The molecule has 5 aliphatic rings. The van der Waals surface area contributed by atoms with Crippen LogP contribution in [0.15, 0.2) is 0 Å². The van der Waals surface area contributed by atoms with Crippen LogP contribution in [0, 0.1) is 23.2 Å². The molecule has 4 bridgehead atoms. The highest BCUT2D eigenvalue weighted by atomic mass is 79.9. The molecule has 27 heavy (non-hydrogen) atoms. The minimum absolute atomic E-state index is 0.246. The van der Waals surface area contributed by atoms with Gasteiger partial charge in [0.05, 0.1) is 6.10 Å². The van der Waals surface area contributed by atoms with E-state index < -0.39 is 0 Å². The summed E-state index contributed by atoms with van der Waals surface area (Å²) in [6, 6.07) is 0. The molecule has 0 aromatic rings. The van der Waals surface area contributed by atoms with Crippen molar-refractivity contribution in [2.45, 2.75) is 75.1 Å². The summed E-state index contributed by atoms with van der Waals surface area (Å²) in [5, 5.41) is 9.56. The Kier molecular flexibility index (Phi) is 5.68. The molecule has 1 N–H and O–H groups in total. The zero-order valence-electron chi connectivity index (χ0n) is 17.1. The maximum absolute atomic E-state index is 13.1. The second kappa shape index (κ2) is 7.60. The van der Waals surface area contributed by atoms with E-state index in [9.17, 15) is 9.90 Å². The van der Waals surface area contributed by atoms with Crippen molar-refractivity contribution in [3.63, 3.8) is 0 Å². The number of halogens is 1. The normalized spacial score (nSPS) is 40.3. The van der Waals surface area contributed by atoms with E-state index in [2.05, 4.69) is 20.8 Å². The monoisotopic (exact) mass is 440 g/mol. The van der Waals surface area contributed by atoms with E-state index in [1.54, 1.807) is 0 Å². The Morgan fingerprint density at radius 2 is 1.85 bits per heavy atom. The number of alkyl halides is 1. The molecule has 4 nitrogen and oxygen atoms in total. The number of hydrogen-bond donors (Lipinski definition) is 1. The fourth-order valence-corrected chi connectivity index (χ4v) is 8.72. The van der Waals surface area contributed by atoms with Crippen molar-refractivity contribution in [1.82, 2.24) is 9.80 Å². The van der Waals surface area contributed by atoms with Crippen LogP contribution < -0.4 is 0 Å². The summed E-state index contributed by atoms with van der Waals surface area (Å²) in [5.41, 5.74) is 0.277. The number of carbonyl (C=O) groups is 1. The van der Waals surface area contributed by atoms with Gasteiger partial charge in [0, 0.05) is 30.9 Å². The van der Waals surface area contributed by atoms with Gasteiger partial charge in [-0.15, -0.1) is 0 Å². The Balaban J connectivity index is 1.28. The Morgan fingerprint density at radius 3 is 2.41 bits per heavy atom. The van der Waals surface area contributed by atoms with Crippen molar-refractivity contribution in [3.8, 4) is 0 Å². The third-order valence-corrected chi connectivity index (χ3v) is 8.75. The SMILES string of the molecule is C[C@H](O)CN1CCC(CN(C)C(=O)CC23C[C@H]4C[C@@H](CC(Br)(C4)C2)C3)CC1. The summed E-state index contributed by atoms with van der Waals surface area (Å²) >= 11 is 4.07. The average Bonchev–Trinajstić information content (AvgIpc) is 2.53. The first-order valence-corrected chi connectivity index (χ1v) is 11.9. The fourth-order valence-electron chi connectivity index (χ4n) is 7.21. The van der Waals surface area contributed by atoms with E-state index in [0.717, 1.165) is 57.3 Å². The fraction of sp³-hybridized carbons (Fsp3) is 0.955. The molecule has 0 radical (unpaired) electrons. The third-order valence-electron chi connectivity index (χ3n) is 7.82. The number of β-amino-alcohol motifs (C(OH)–C–C–N with tert-alkyl or cyclic N) is 1. The van der Waals surface area contributed by atoms with Gasteiger partial charge in [-0.05, 0) is 94.5 Å². The summed E-state index contributed by atoms with van der Waals surface area (Å²) in [6.45, 7) is 5.65. The zero-order chi connectivity index (χ0) is 19.2. The molecule has 4 aliphatic carbocycles. The van der Waals surface area contributed by atoms with Crippen molar-refractivity contribution in [2.75, 3.05) is 33.2 Å². The van der Waals surface area contributed by atoms with Crippen molar-refractivity contribution < 1.29 is 9.90 Å². The smallest absolute Gasteiger partial charge is 0.222 e. The van der Waals surface area contributed by atoms with Crippen molar-refractivity contribution in [2.24, 2.45) is 23.2 Å². The zero-order valence-corrected chi connectivity index (χ0v) is 18.7. The first-order chi connectivity index (χ1) is 12.7. The predicted octanol–water partition coefficient (Wildman–Crippen LogP) is 3.66. The molecule has 0 spiro atoms. The van der Waals surface area contributed by atoms with Crippen LogP contribution in [0.25, 0.3) is 0 Å². The molecule has 154 valence electrons. The lowest BCUT2D eigenvalue weighted by Gasteiger charge is -2.60. The molecule has 1 saturated heterocycles. The van der Waals surface area contributed by atoms with Crippen molar-refractivity contribution >= 4 is 21.8 Å². The topological polar surface area (TPSA) is 43.8 Å². The van der Waals surface area contributed by atoms with Gasteiger partial charge >= 0.3 is 0 Å². The Hall–Kier alpha value is -0.130. The van der Waals surface area contributed by atoms with E-state index in [1.165, 1.54) is 38.5 Å². The van der Waals surface area contributed by atoms with Crippen LogP contribution in [0.3, 0.4) is 0 Å². The number of rotatable bonds is 6. The minimum Gasteiger partial charge on any atom is -0.392 e. The quantitative estimate of drug-likeness (QED) is 0.640. The molecule has 4 saturated carbocycles. The lowest BCUT2D eigenvalue weighted by atomic mass is 9.48. The highest BCUT2D eigenvalue weighted by Gasteiger charge is 2.57. The molecule has 3 atom stereocenters. The summed E-state index contributed by atoms with van der Waals surface area (Å²) in [4.78, 5) is 17.5. The summed E-state index contributed by atoms with van der Waals surface area (Å²) in [6.07, 6.45) is 10.7. The first-order valence-electron chi connectivity index (χ1n) is 11.1. The van der Waals surface area contributed by atoms with Gasteiger partial charge < -0.3 is 14.9 Å². The molecule has 0 aromatic carbocycles. The maximum Gasteiger partial charge on any atom is 0.222 e. The van der Waals surface area contributed by atoms with Gasteiger partial charge in [-0.2, -0.15) is 0 Å². The molecular weight excluding hydrogens is 404 g/mol. The lowest BCUT2D eigenvalue weighted by Crippen LogP contribution is -2.54. The molecular formula is C22H37BrN2O2. The average molecular weight is 441 g/mol. The highest BCUT2D eigenvalue weighted by Crippen LogP contribution is 2.65. The second-order valence-electron chi connectivity index (χ2n) is 10.7. The van der Waals surface area contributed by atoms with Gasteiger partial charge in [0.2, 0.25) is 5.91 Å². The molecule has 5 rings (SSSR count). The largest absolute Gasteiger partial charge is 0.392 e. The number of piperidine rings is 1. The van der Waals surface area contributed by atoms with E-state index in [4.69, 9.17) is 0 Å². The van der Waals surface area contributed by atoms with Crippen LogP contribution in [0.2, 0.25) is 0 Å². The summed E-state index contributed by atoms with van der Waals surface area (Å²) in [5.74, 6) is 2.69. The number of likely N-dealkylation sites (tertiary alicyclic amines) is 1. The summed E-state index contributed by atoms with van der Waals surface area (Å²) in [7, 11) is 2.02. The maximum atomic E-state index is 13.1. The van der Waals surface area contributed by atoms with Gasteiger partial charge in [-0.1, -0.05) is 15.9 Å². The molecule has 0 unspecified atom stereocenters. The van der Waals surface area contributed by atoms with Crippen LogP contribution in [0.4, 0.5) is 0 Å². The molecule has 5 fully saturated rings. The number of aliphatic hydroxyl groups is 1. The first kappa shape index (κ1) is 20.2. The lowest BCUT2D eigenvalue weighted by molar-refractivity contribution is -0.137. The Labute approximate surface area is 173 Å². The van der Waals surface area contributed by atoms with Crippen LogP contribution in [-0.2, 0) is 4.79 Å². The molecule has 1 amide bonds. The van der Waals surface area contributed by atoms with E-state index >= 15 is 0 Å².